The lowest BCUT2D eigenvalue weighted by atomic mass is 10.1. The molecule has 0 radical (unpaired) electrons. The molecule has 1 aliphatic heterocycles. The number of amides is 2. The van der Waals surface area contributed by atoms with E-state index in [1.54, 1.807) is 12.1 Å². The molecule has 6 nitrogen and oxygen atoms in total. The second-order valence-electron chi connectivity index (χ2n) is 5.99. The smallest absolute Gasteiger partial charge is 0.227 e. The maximum absolute atomic E-state index is 13.0. The monoisotopic (exact) mass is 346 g/mol. The zero-order chi connectivity index (χ0) is 17.8. The number of benzene rings is 1. The van der Waals surface area contributed by atoms with Crippen LogP contribution in [0.2, 0.25) is 0 Å². The van der Waals surface area contributed by atoms with Gasteiger partial charge in [-0.15, -0.1) is 0 Å². The maximum Gasteiger partial charge on any atom is 0.227 e. The van der Waals surface area contributed by atoms with Crippen molar-refractivity contribution in [3.05, 3.63) is 54.2 Å². The fourth-order valence-electron chi connectivity index (χ4n) is 2.85. The van der Waals surface area contributed by atoms with Crippen LogP contribution < -0.4 is 10.2 Å². The number of aliphatic hydroxyl groups is 1. The van der Waals surface area contributed by atoms with Gasteiger partial charge in [0.05, 0.1) is 12.2 Å². The third-order valence-corrected chi connectivity index (χ3v) is 4.22. The van der Waals surface area contributed by atoms with E-state index in [-0.39, 0.29) is 37.1 Å². The van der Waals surface area contributed by atoms with E-state index in [0.29, 0.717) is 17.9 Å². The van der Waals surface area contributed by atoms with E-state index in [4.69, 9.17) is 4.42 Å². The second-order valence-corrected chi connectivity index (χ2v) is 5.99. The molecule has 2 N–H and O–H groups in total. The largest absolute Gasteiger partial charge is 0.467 e. The zero-order valence-electron chi connectivity index (χ0n) is 13.5. The minimum Gasteiger partial charge on any atom is -0.467 e. The van der Waals surface area contributed by atoms with Gasteiger partial charge in [0.15, 0.2) is 0 Å². The number of anilines is 1. The van der Waals surface area contributed by atoms with Crippen LogP contribution in [0.4, 0.5) is 10.1 Å². The summed E-state index contributed by atoms with van der Waals surface area (Å²) >= 11 is 0. The van der Waals surface area contributed by atoms with E-state index in [9.17, 15) is 19.1 Å². The Balaban J connectivity index is 1.50. The summed E-state index contributed by atoms with van der Waals surface area (Å²) in [6, 6.07) is 8.96. The van der Waals surface area contributed by atoms with Crippen molar-refractivity contribution >= 4 is 17.5 Å². The first-order valence-electron chi connectivity index (χ1n) is 8.09. The van der Waals surface area contributed by atoms with Gasteiger partial charge in [-0.2, -0.15) is 0 Å². The Morgan fingerprint density at radius 1 is 1.36 bits per heavy atom. The molecule has 2 amide bonds. The van der Waals surface area contributed by atoms with Crippen LogP contribution in [0, 0.1) is 11.7 Å². The molecular weight excluding hydrogens is 327 g/mol. The van der Waals surface area contributed by atoms with Crippen LogP contribution in [0.25, 0.3) is 0 Å². The molecule has 1 aromatic carbocycles. The van der Waals surface area contributed by atoms with E-state index >= 15 is 0 Å². The maximum atomic E-state index is 13.0. The summed E-state index contributed by atoms with van der Waals surface area (Å²) < 4.78 is 18.1. The third kappa shape index (κ3) is 4.06. The van der Waals surface area contributed by atoms with Crippen molar-refractivity contribution < 1.29 is 23.5 Å². The molecule has 1 aromatic heterocycles. The Morgan fingerprint density at radius 2 is 2.12 bits per heavy atom. The van der Waals surface area contributed by atoms with Crippen LogP contribution in [0.15, 0.2) is 47.1 Å². The highest BCUT2D eigenvalue weighted by molar-refractivity contribution is 6.00. The Kier molecular flexibility index (Phi) is 5.14. The number of hydrogen-bond acceptors (Lipinski definition) is 4. The van der Waals surface area contributed by atoms with E-state index in [2.05, 4.69) is 5.32 Å². The van der Waals surface area contributed by atoms with E-state index in [1.165, 1.54) is 35.4 Å². The predicted molar refractivity (Wildman–Crippen MR) is 88.2 cm³/mol. The number of furan rings is 1. The second kappa shape index (κ2) is 7.48. The number of nitrogens with one attached hydrogen (secondary N) is 1. The van der Waals surface area contributed by atoms with Crippen LogP contribution >= 0.6 is 0 Å². The third-order valence-electron chi connectivity index (χ3n) is 4.22. The average molecular weight is 346 g/mol. The van der Waals surface area contributed by atoms with Gasteiger partial charge in [0, 0.05) is 25.2 Å². The van der Waals surface area contributed by atoms with Crippen molar-refractivity contribution in [2.45, 2.75) is 18.9 Å². The summed E-state index contributed by atoms with van der Waals surface area (Å²) in [5, 5.41) is 12.6. The Labute approximate surface area is 144 Å². The minimum atomic E-state index is -0.781. The Morgan fingerprint density at radius 3 is 2.80 bits per heavy atom. The molecule has 1 aliphatic rings. The quantitative estimate of drug-likeness (QED) is 0.838. The molecule has 0 saturated carbocycles. The molecule has 3 rings (SSSR count). The molecule has 0 aliphatic carbocycles. The molecule has 0 spiro atoms. The van der Waals surface area contributed by atoms with E-state index in [1.807, 2.05) is 0 Å². The predicted octanol–water partition coefficient (Wildman–Crippen LogP) is 2.01. The number of nitrogens with zero attached hydrogens (tertiary/aromatic N) is 1. The van der Waals surface area contributed by atoms with Gasteiger partial charge in [0.2, 0.25) is 11.8 Å². The summed E-state index contributed by atoms with van der Waals surface area (Å²) in [7, 11) is 0. The summed E-state index contributed by atoms with van der Waals surface area (Å²) in [6.07, 6.45) is 1.13. The van der Waals surface area contributed by atoms with Crippen LogP contribution in [0.3, 0.4) is 0 Å². The minimum absolute atomic E-state index is 0.115. The first-order valence-corrected chi connectivity index (χ1v) is 8.09. The van der Waals surface area contributed by atoms with Gasteiger partial charge in [0.25, 0.3) is 0 Å². The number of carbonyl (C=O) groups is 2. The molecule has 2 heterocycles. The molecule has 7 heteroatoms. The number of hydrogen-bond donors (Lipinski definition) is 2. The summed E-state index contributed by atoms with van der Waals surface area (Å²) in [5.41, 5.74) is 0.579. The summed E-state index contributed by atoms with van der Waals surface area (Å²) in [4.78, 5) is 25.8. The normalized spacial score (nSPS) is 18.4. The van der Waals surface area contributed by atoms with Crippen molar-refractivity contribution in [1.82, 2.24) is 5.32 Å². The molecule has 0 unspecified atom stereocenters. The molecule has 25 heavy (non-hydrogen) atoms. The Hall–Kier alpha value is -2.67. The van der Waals surface area contributed by atoms with Gasteiger partial charge in [-0.25, -0.2) is 4.39 Å². The van der Waals surface area contributed by atoms with Crippen LogP contribution in [-0.2, 0) is 9.59 Å². The fraction of sp³-hybridized carbons (Fsp3) is 0.333. The van der Waals surface area contributed by atoms with Gasteiger partial charge in [-0.1, -0.05) is 0 Å². The summed E-state index contributed by atoms with van der Waals surface area (Å²) in [5.74, 6) is -0.780. The van der Waals surface area contributed by atoms with Crippen molar-refractivity contribution in [2.75, 3.05) is 18.0 Å². The fourth-order valence-corrected chi connectivity index (χ4v) is 2.85. The lowest BCUT2D eigenvalue weighted by Crippen LogP contribution is -2.34. The topological polar surface area (TPSA) is 82.8 Å². The molecule has 1 saturated heterocycles. The highest BCUT2D eigenvalue weighted by Crippen LogP contribution is 2.25. The lowest BCUT2D eigenvalue weighted by Gasteiger charge is -2.17. The summed E-state index contributed by atoms with van der Waals surface area (Å²) in [6.45, 7) is 0.541. The highest BCUT2D eigenvalue weighted by Gasteiger charge is 2.35. The van der Waals surface area contributed by atoms with Crippen molar-refractivity contribution in [3.63, 3.8) is 0 Å². The van der Waals surface area contributed by atoms with Crippen molar-refractivity contribution in [1.29, 1.82) is 0 Å². The molecule has 132 valence electrons. The van der Waals surface area contributed by atoms with Crippen LogP contribution in [-0.4, -0.2) is 30.0 Å². The van der Waals surface area contributed by atoms with Gasteiger partial charge < -0.3 is 19.7 Å². The van der Waals surface area contributed by atoms with Crippen molar-refractivity contribution in [3.8, 4) is 0 Å². The van der Waals surface area contributed by atoms with Gasteiger partial charge in [-0.3, -0.25) is 9.59 Å². The van der Waals surface area contributed by atoms with Gasteiger partial charge in [-0.05, 0) is 42.8 Å². The molecular formula is C18H19FN2O4. The number of halogens is 1. The lowest BCUT2D eigenvalue weighted by molar-refractivity contribution is -0.126. The SMILES string of the molecule is O=C(NCC[C@@H](O)c1ccco1)[C@H]1CC(=O)N(c2ccc(F)cc2)C1. The zero-order valence-corrected chi connectivity index (χ0v) is 13.5. The van der Waals surface area contributed by atoms with Gasteiger partial charge in [0.1, 0.15) is 17.7 Å². The Bertz CT molecular complexity index is 730. The van der Waals surface area contributed by atoms with Crippen LogP contribution in [0.5, 0.6) is 0 Å². The average Bonchev–Trinajstić information content (AvgIpc) is 3.25. The first-order chi connectivity index (χ1) is 12.0. The molecule has 1 fully saturated rings. The standard InChI is InChI=1S/C18H19FN2O4/c19-13-3-5-14(6-4-13)21-11-12(10-17(21)23)18(24)20-8-7-15(22)16-2-1-9-25-16/h1-6,9,12,15,22H,7-8,10-11H2,(H,20,24)/t12-,15+/m0/s1. The highest BCUT2D eigenvalue weighted by atomic mass is 19.1. The van der Waals surface area contributed by atoms with Crippen molar-refractivity contribution in [2.24, 2.45) is 5.92 Å². The molecule has 2 aromatic rings. The van der Waals surface area contributed by atoms with E-state index in [0.717, 1.165) is 0 Å². The first kappa shape index (κ1) is 17.2. The number of aliphatic hydroxyl groups excluding tert-OH is 1. The molecule has 0 bridgehead atoms. The van der Waals surface area contributed by atoms with E-state index < -0.39 is 12.0 Å². The number of carbonyl (C=O) groups excluding carboxylic acids is 2. The van der Waals surface area contributed by atoms with Crippen LogP contribution in [0.1, 0.15) is 24.7 Å². The number of rotatable bonds is 6. The molecule has 2 atom stereocenters. The van der Waals surface area contributed by atoms with Gasteiger partial charge >= 0.3 is 0 Å².